The van der Waals surface area contributed by atoms with Gasteiger partial charge >= 0.3 is 0 Å². The van der Waals surface area contributed by atoms with Gasteiger partial charge in [-0.1, -0.05) is 17.7 Å². The molecular formula is C17H17N3O2S. The quantitative estimate of drug-likeness (QED) is 0.741. The van der Waals surface area contributed by atoms with Crippen molar-refractivity contribution in [3.63, 3.8) is 0 Å². The summed E-state index contributed by atoms with van der Waals surface area (Å²) in [4.78, 5) is 8.73. The first-order valence-electron chi connectivity index (χ1n) is 7.16. The molecule has 0 saturated heterocycles. The standard InChI is InChI=1S/C17H17N3O2S/c1-12-4-7-17(13(2)10-12)23(21,22)20(3)14-5-6-15-16(11-14)19-9-8-18-15/h4-11H,1-3H3. The normalized spacial score (nSPS) is 11.6. The Hall–Kier alpha value is -2.47. The smallest absolute Gasteiger partial charge is 0.264 e. The molecule has 5 nitrogen and oxygen atoms in total. The number of aromatic nitrogens is 2. The van der Waals surface area contributed by atoms with Crippen molar-refractivity contribution < 1.29 is 8.42 Å². The molecule has 0 aliphatic rings. The van der Waals surface area contributed by atoms with E-state index in [0.29, 0.717) is 16.1 Å². The van der Waals surface area contributed by atoms with Crippen LogP contribution in [0.4, 0.5) is 5.69 Å². The number of hydrogen-bond donors (Lipinski definition) is 0. The van der Waals surface area contributed by atoms with Crippen molar-refractivity contribution in [2.75, 3.05) is 11.4 Å². The van der Waals surface area contributed by atoms with Crippen molar-refractivity contribution in [1.82, 2.24) is 9.97 Å². The summed E-state index contributed by atoms with van der Waals surface area (Å²) in [6.45, 7) is 3.74. The van der Waals surface area contributed by atoms with Crippen LogP contribution < -0.4 is 4.31 Å². The zero-order valence-electron chi connectivity index (χ0n) is 13.2. The second kappa shape index (κ2) is 5.62. The van der Waals surface area contributed by atoms with Gasteiger partial charge in [-0.05, 0) is 43.7 Å². The molecule has 118 valence electrons. The fraction of sp³-hybridized carbons (Fsp3) is 0.176. The van der Waals surface area contributed by atoms with Crippen molar-refractivity contribution >= 4 is 26.7 Å². The summed E-state index contributed by atoms with van der Waals surface area (Å²) in [5, 5.41) is 0. The number of nitrogens with zero attached hydrogens (tertiary/aromatic N) is 3. The van der Waals surface area contributed by atoms with Gasteiger partial charge in [-0.25, -0.2) is 8.42 Å². The van der Waals surface area contributed by atoms with Crippen molar-refractivity contribution in [1.29, 1.82) is 0 Å². The van der Waals surface area contributed by atoms with Crippen LogP contribution in [0.2, 0.25) is 0 Å². The van der Waals surface area contributed by atoms with Gasteiger partial charge in [0.15, 0.2) is 0 Å². The molecule has 0 aliphatic carbocycles. The molecule has 0 unspecified atom stereocenters. The fourth-order valence-corrected chi connectivity index (χ4v) is 3.91. The molecule has 0 aliphatic heterocycles. The topological polar surface area (TPSA) is 63.2 Å². The summed E-state index contributed by atoms with van der Waals surface area (Å²) in [7, 11) is -2.08. The van der Waals surface area contributed by atoms with Crippen LogP contribution in [0.5, 0.6) is 0 Å². The maximum Gasteiger partial charge on any atom is 0.264 e. The molecule has 0 bridgehead atoms. The number of fused-ring (bicyclic) bond motifs is 1. The highest BCUT2D eigenvalue weighted by Gasteiger charge is 2.23. The van der Waals surface area contributed by atoms with E-state index in [1.54, 1.807) is 56.7 Å². The zero-order chi connectivity index (χ0) is 16.6. The summed E-state index contributed by atoms with van der Waals surface area (Å²) in [5.41, 5.74) is 3.71. The third kappa shape index (κ3) is 2.77. The van der Waals surface area contributed by atoms with Gasteiger partial charge in [0, 0.05) is 19.4 Å². The van der Waals surface area contributed by atoms with Gasteiger partial charge in [0.2, 0.25) is 0 Å². The monoisotopic (exact) mass is 327 g/mol. The molecule has 0 saturated carbocycles. The third-order valence-electron chi connectivity index (χ3n) is 3.79. The summed E-state index contributed by atoms with van der Waals surface area (Å²) in [6, 6.07) is 10.6. The number of benzene rings is 2. The molecule has 23 heavy (non-hydrogen) atoms. The predicted octanol–water partition coefficient (Wildman–Crippen LogP) is 3.07. The molecule has 3 aromatic rings. The maximum atomic E-state index is 12.9. The first-order valence-corrected chi connectivity index (χ1v) is 8.60. The molecule has 0 N–H and O–H groups in total. The largest absolute Gasteiger partial charge is 0.269 e. The van der Waals surface area contributed by atoms with E-state index < -0.39 is 10.0 Å². The first kappa shape index (κ1) is 15.4. The Morgan fingerprint density at radius 3 is 2.30 bits per heavy atom. The van der Waals surface area contributed by atoms with E-state index in [1.165, 1.54) is 4.31 Å². The van der Waals surface area contributed by atoms with Crippen LogP contribution in [0.3, 0.4) is 0 Å². The van der Waals surface area contributed by atoms with Crippen LogP contribution in [0.15, 0.2) is 53.7 Å². The molecule has 0 fully saturated rings. The maximum absolute atomic E-state index is 12.9. The zero-order valence-corrected chi connectivity index (χ0v) is 14.0. The minimum atomic E-state index is -3.62. The average Bonchev–Trinajstić information content (AvgIpc) is 2.53. The molecule has 0 radical (unpaired) electrons. The van der Waals surface area contributed by atoms with Crippen molar-refractivity contribution in [2.24, 2.45) is 0 Å². The molecule has 3 rings (SSSR count). The van der Waals surface area contributed by atoms with E-state index in [2.05, 4.69) is 9.97 Å². The first-order chi connectivity index (χ1) is 10.9. The van der Waals surface area contributed by atoms with Gasteiger partial charge in [-0.3, -0.25) is 14.3 Å². The van der Waals surface area contributed by atoms with Gasteiger partial charge in [-0.15, -0.1) is 0 Å². The second-order valence-electron chi connectivity index (χ2n) is 5.47. The van der Waals surface area contributed by atoms with E-state index >= 15 is 0 Å². The molecule has 1 heterocycles. The molecule has 1 aromatic heterocycles. The van der Waals surface area contributed by atoms with E-state index in [0.717, 1.165) is 16.6 Å². The van der Waals surface area contributed by atoms with Gasteiger partial charge in [-0.2, -0.15) is 0 Å². The molecule has 0 atom stereocenters. The molecule has 0 spiro atoms. The number of sulfonamides is 1. The lowest BCUT2D eigenvalue weighted by atomic mass is 10.2. The van der Waals surface area contributed by atoms with E-state index in [1.807, 2.05) is 13.0 Å². The molecule has 0 amide bonds. The Morgan fingerprint density at radius 2 is 1.61 bits per heavy atom. The molecule has 6 heteroatoms. The van der Waals surface area contributed by atoms with Crippen LogP contribution in [0.1, 0.15) is 11.1 Å². The number of hydrogen-bond acceptors (Lipinski definition) is 4. The van der Waals surface area contributed by atoms with Crippen LogP contribution in [0.25, 0.3) is 11.0 Å². The highest BCUT2D eigenvalue weighted by Crippen LogP contribution is 2.26. The molecular weight excluding hydrogens is 310 g/mol. The minimum Gasteiger partial charge on any atom is -0.269 e. The lowest BCUT2D eigenvalue weighted by Crippen LogP contribution is -2.27. The Morgan fingerprint density at radius 1 is 0.913 bits per heavy atom. The van der Waals surface area contributed by atoms with E-state index in [-0.39, 0.29) is 0 Å². The summed E-state index contributed by atoms with van der Waals surface area (Å²) >= 11 is 0. The van der Waals surface area contributed by atoms with Gasteiger partial charge < -0.3 is 0 Å². The Labute approximate surface area is 135 Å². The predicted molar refractivity (Wildman–Crippen MR) is 91.0 cm³/mol. The minimum absolute atomic E-state index is 0.310. The Balaban J connectivity index is 2.07. The lowest BCUT2D eigenvalue weighted by Gasteiger charge is -2.21. The molecule has 2 aromatic carbocycles. The van der Waals surface area contributed by atoms with Crippen LogP contribution in [-0.2, 0) is 10.0 Å². The summed E-state index contributed by atoms with van der Waals surface area (Å²) in [5.74, 6) is 0. The Kier molecular flexibility index (Phi) is 3.77. The SMILES string of the molecule is Cc1ccc(S(=O)(=O)N(C)c2ccc3nccnc3c2)c(C)c1. The van der Waals surface area contributed by atoms with Gasteiger partial charge in [0.1, 0.15) is 0 Å². The van der Waals surface area contributed by atoms with Crippen molar-refractivity contribution in [2.45, 2.75) is 18.7 Å². The average molecular weight is 327 g/mol. The second-order valence-corrected chi connectivity index (χ2v) is 7.41. The number of rotatable bonds is 3. The van der Waals surface area contributed by atoms with Crippen molar-refractivity contribution in [3.05, 3.63) is 59.9 Å². The van der Waals surface area contributed by atoms with Crippen LogP contribution in [0, 0.1) is 13.8 Å². The summed E-state index contributed by atoms with van der Waals surface area (Å²) < 4.78 is 27.1. The van der Waals surface area contributed by atoms with Crippen LogP contribution in [-0.4, -0.2) is 25.4 Å². The van der Waals surface area contributed by atoms with Gasteiger partial charge in [0.05, 0.1) is 21.6 Å². The number of aryl methyl sites for hydroxylation is 2. The number of anilines is 1. The fourth-order valence-electron chi connectivity index (χ4n) is 2.52. The van der Waals surface area contributed by atoms with E-state index in [4.69, 9.17) is 0 Å². The van der Waals surface area contributed by atoms with Crippen molar-refractivity contribution in [3.8, 4) is 0 Å². The van der Waals surface area contributed by atoms with E-state index in [9.17, 15) is 8.42 Å². The Bertz CT molecular complexity index is 984. The third-order valence-corrected chi connectivity index (χ3v) is 5.73. The lowest BCUT2D eigenvalue weighted by molar-refractivity contribution is 0.594. The van der Waals surface area contributed by atoms with Crippen LogP contribution >= 0.6 is 0 Å². The highest BCUT2D eigenvalue weighted by molar-refractivity contribution is 7.92. The highest BCUT2D eigenvalue weighted by atomic mass is 32.2. The summed E-state index contributed by atoms with van der Waals surface area (Å²) in [6.07, 6.45) is 3.20. The van der Waals surface area contributed by atoms with Gasteiger partial charge in [0.25, 0.3) is 10.0 Å².